The van der Waals surface area contributed by atoms with Crippen molar-refractivity contribution in [2.24, 2.45) is 0 Å². The Balaban J connectivity index is 1.53. The molecular formula is C23H23N3O3. The molecule has 0 spiro atoms. The molecule has 0 amide bonds. The monoisotopic (exact) mass is 389 g/mol. The van der Waals surface area contributed by atoms with Crippen LogP contribution in [-0.2, 0) is 19.3 Å². The molecule has 5 rings (SSSR count). The predicted octanol–water partition coefficient (Wildman–Crippen LogP) is 3.89. The van der Waals surface area contributed by atoms with E-state index >= 15 is 0 Å². The highest BCUT2D eigenvalue weighted by Crippen LogP contribution is 2.31. The van der Waals surface area contributed by atoms with Crippen molar-refractivity contribution in [1.29, 1.82) is 0 Å². The van der Waals surface area contributed by atoms with E-state index in [-0.39, 0.29) is 5.56 Å². The third-order valence-corrected chi connectivity index (χ3v) is 5.79. The number of aryl methyl sites for hydroxylation is 2. The van der Waals surface area contributed by atoms with E-state index in [1.807, 2.05) is 0 Å². The molecule has 1 aliphatic rings. The molecule has 2 N–H and O–H groups in total. The van der Waals surface area contributed by atoms with E-state index < -0.39 is 0 Å². The molecule has 0 radical (unpaired) electrons. The fourth-order valence-corrected chi connectivity index (χ4v) is 4.36. The third kappa shape index (κ3) is 3.05. The van der Waals surface area contributed by atoms with Gasteiger partial charge in [0.05, 0.1) is 25.1 Å². The van der Waals surface area contributed by atoms with Crippen LogP contribution in [0.4, 0.5) is 0 Å². The van der Waals surface area contributed by atoms with E-state index in [0.29, 0.717) is 34.6 Å². The standard InChI is InChI=1S/C23H23N3O3/c1-28-20-11-16-19(12-21(20)29-2)25-22(26-23(16)27)10-13-7-8-15-14-5-3-4-6-17(14)24-18(15)9-13/h7-9,11-12,24H,3-6,10H2,1-2H3,(H,25,26,27). The van der Waals surface area contributed by atoms with Gasteiger partial charge in [0.2, 0.25) is 0 Å². The maximum Gasteiger partial charge on any atom is 0.258 e. The fraction of sp³-hybridized carbons (Fsp3) is 0.304. The van der Waals surface area contributed by atoms with Gasteiger partial charge in [0.25, 0.3) is 5.56 Å². The van der Waals surface area contributed by atoms with Crippen LogP contribution in [0.25, 0.3) is 21.8 Å². The summed E-state index contributed by atoms with van der Waals surface area (Å²) in [6, 6.07) is 9.91. The molecule has 4 aromatic rings. The van der Waals surface area contributed by atoms with Crippen molar-refractivity contribution >= 4 is 21.8 Å². The predicted molar refractivity (Wildman–Crippen MR) is 113 cm³/mol. The summed E-state index contributed by atoms with van der Waals surface area (Å²) in [5, 5.41) is 1.80. The molecule has 2 aromatic carbocycles. The van der Waals surface area contributed by atoms with Crippen LogP contribution >= 0.6 is 0 Å². The number of nitrogens with zero attached hydrogens (tertiary/aromatic N) is 1. The van der Waals surface area contributed by atoms with Crippen molar-refractivity contribution in [3.8, 4) is 11.5 Å². The van der Waals surface area contributed by atoms with Gasteiger partial charge in [0.1, 0.15) is 5.82 Å². The molecule has 0 atom stereocenters. The van der Waals surface area contributed by atoms with Gasteiger partial charge in [0, 0.05) is 29.1 Å². The van der Waals surface area contributed by atoms with Gasteiger partial charge in [-0.25, -0.2) is 4.98 Å². The summed E-state index contributed by atoms with van der Waals surface area (Å²) in [6.07, 6.45) is 5.35. The van der Waals surface area contributed by atoms with Gasteiger partial charge in [-0.05, 0) is 48.9 Å². The van der Waals surface area contributed by atoms with E-state index in [9.17, 15) is 4.79 Å². The van der Waals surface area contributed by atoms with Crippen molar-refractivity contribution in [3.63, 3.8) is 0 Å². The zero-order valence-corrected chi connectivity index (χ0v) is 16.6. The van der Waals surface area contributed by atoms with Gasteiger partial charge >= 0.3 is 0 Å². The third-order valence-electron chi connectivity index (χ3n) is 5.79. The van der Waals surface area contributed by atoms with Crippen LogP contribution in [0, 0.1) is 0 Å². The van der Waals surface area contributed by atoms with Crippen LogP contribution in [0.1, 0.15) is 35.5 Å². The molecule has 2 aromatic heterocycles. The average Bonchev–Trinajstić information content (AvgIpc) is 3.10. The number of H-pyrrole nitrogens is 2. The van der Waals surface area contributed by atoms with Gasteiger partial charge < -0.3 is 19.4 Å². The van der Waals surface area contributed by atoms with Crippen LogP contribution in [0.2, 0.25) is 0 Å². The van der Waals surface area contributed by atoms with Crippen molar-refractivity contribution in [1.82, 2.24) is 15.0 Å². The quantitative estimate of drug-likeness (QED) is 0.555. The first-order valence-corrected chi connectivity index (χ1v) is 9.93. The van der Waals surface area contributed by atoms with Crippen LogP contribution in [0.15, 0.2) is 35.1 Å². The Labute approximate surface area is 167 Å². The summed E-state index contributed by atoms with van der Waals surface area (Å²) in [5.74, 6) is 1.70. The van der Waals surface area contributed by atoms with Crippen LogP contribution in [0.5, 0.6) is 11.5 Å². The Morgan fingerprint density at radius 1 is 0.966 bits per heavy atom. The van der Waals surface area contributed by atoms with Crippen LogP contribution in [0.3, 0.4) is 0 Å². The Morgan fingerprint density at radius 2 is 1.76 bits per heavy atom. The lowest BCUT2D eigenvalue weighted by atomic mass is 9.95. The Morgan fingerprint density at radius 3 is 2.59 bits per heavy atom. The number of hydrogen-bond donors (Lipinski definition) is 2. The molecular weight excluding hydrogens is 366 g/mol. The second-order valence-electron chi connectivity index (χ2n) is 7.58. The molecule has 2 heterocycles. The average molecular weight is 389 g/mol. The smallest absolute Gasteiger partial charge is 0.258 e. The minimum absolute atomic E-state index is 0.178. The van der Waals surface area contributed by atoms with E-state index in [1.165, 1.54) is 35.0 Å². The molecule has 0 saturated heterocycles. The lowest BCUT2D eigenvalue weighted by Crippen LogP contribution is -2.12. The molecule has 0 unspecified atom stereocenters. The maximum absolute atomic E-state index is 12.6. The lowest BCUT2D eigenvalue weighted by Gasteiger charge is -2.10. The zero-order chi connectivity index (χ0) is 20.0. The van der Waals surface area contributed by atoms with E-state index in [4.69, 9.17) is 9.47 Å². The van der Waals surface area contributed by atoms with Gasteiger partial charge in [0.15, 0.2) is 11.5 Å². The summed E-state index contributed by atoms with van der Waals surface area (Å²) >= 11 is 0. The number of aromatic amines is 2. The lowest BCUT2D eigenvalue weighted by molar-refractivity contribution is 0.355. The minimum Gasteiger partial charge on any atom is -0.493 e. The Hall–Kier alpha value is -3.28. The number of hydrogen-bond acceptors (Lipinski definition) is 4. The summed E-state index contributed by atoms with van der Waals surface area (Å²) in [7, 11) is 3.12. The number of aromatic nitrogens is 3. The molecule has 1 aliphatic carbocycles. The Bertz CT molecular complexity index is 1290. The largest absolute Gasteiger partial charge is 0.493 e. The molecule has 29 heavy (non-hydrogen) atoms. The second-order valence-corrected chi connectivity index (χ2v) is 7.58. The van der Waals surface area contributed by atoms with Crippen molar-refractivity contribution in [2.75, 3.05) is 14.2 Å². The van der Waals surface area contributed by atoms with Crippen LogP contribution < -0.4 is 15.0 Å². The summed E-state index contributed by atoms with van der Waals surface area (Å²) < 4.78 is 10.6. The maximum atomic E-state index is 12.6. The van der Waals surface area contributed by atoms with E-state index in [0.717, 1.165) is 18.4 Å². The van der Waals surface area contributed by atoms with E-state index in [1.54, 1.807) is 26.4 Å². The first kappa shape index (κ1) is 17.8. The van der Waals surface area contributed by atoms with Gasteiger partial charge in [-0.2, -0.15) is 0 Å². The normalized spacial score (nSPS) is 13.6. The molecule has 6 nitrogen and oxygen atoms in total. The van der Waals surface area contributed by atoms with Gasteiger partial charge in [-0.1, -0.05) is 12.1 Å². The molecule has 148 valence electrons. The first-order valence-electron chi connectivity index (χ1n) is 9.93. The summed E-state index contributed by atoms with van der Waals surface area (Å²) in [5.41, 5.74) is 5.54. The van der Waals surface area contributed by atoms with Gasteiger partial charge in [-0.15, -0.1) is 0 Å². The number of methoxy groups -OCH3 is 2. The number of ether oxygens (including phenoxy) is 2. The molecule has 6 heteroatoms. The van der Waals surface area contributed by atoms with E-state index in [2.05, 4.69) is 33.2 Å². The fourth-order valence-electron chi connectivity index (χ4n) is 4.36. The highest BCUT2D eigenvalue weighted by atomic mass is 16.5. The minimum atomic E-state index is -0.178. The second kappa shape index (κ2) is 6.95. The summed E-state index contributed by atoms with van der Waals surface area (Å²) in [6.45, 7) is 0. The first-order chi connectivity index (χ1) is 14.2. The van der Waals surface area contributed by atoms with Crippen molar-refractivity contribution < 1.29 is 9.47 Å². The number of rotatable bonds is 4. The molecule has 0 saturated carbocycles. The highest BCUT2D eigenvalue weighted by molar-refractivity contribution is 5.86. The molecule has 0 fully saturated rings. The summed E-state index contributed by atoms with van der Waals surface area (Å²) in [4.78, 5) is 23.8. The molecule has 0 bridgehead atoms. The topological polar surface area (TPSA) is 80.0 Å². The highest BCUT2D eigenvalue weighted by Gasteiger charge is 2.16. The molecule has 0 aliphatic heterocycles. The zero-order valence-electron chi connectivity index (χ0n) is 16.6. The van der Waals surface area contributed by atoms with Crippen molar-refractivity contribution in [3.05, 3.63) is 63.3 Å². The van der Waals surface area contributed by atoms with Gasteiger partial charge in [-0.3, -0.25) is 4.79 Å². The van der Waals surface area contributed by atoms with Crippen LogP contribution in [-0.4, -0.2) is 29.2 Å². The van der Waals surface area contributed by atoms with Crippen molar-refractivity contribution in [2.45, 2.75) is 32.1 Å². The number of benzene rings is 2. The number of fused-ring (bicyclic) bond motifs is 4. The SMILES string of the molecule is COc1cc2nc(Cc3ccc4c5c([nH]c4c3)CCCC5)[nH]c(=O)c2cc1OC. The Kier molecular flexibility index (Phi) is 4.27. The number of nitrogens with one attached hydrogen (secondary N) is 2.